The number of hydrogen-bond acceptors (Lipinski definition) is 4. The first kappa shape index (κ1) is 13.1. The normalized spacial score (nSPS) is 24.6. The fourth-order valence-corrected chi connectivity index (χ4v) is 2.36. The molecule has 2 atom stereocenters. The van der Waals surface area contributed by atoms with Crippen LogP contribution in [0, 0.1) is 5.92 Å². The minimum Gasteiger partial charge on any atom is -0.393 e. The van der Waals surface area contributed by atoms with Crippen LogP contribution in [0.5, 0.6) is 0 Å². The van der Waals surface area contributed by atoms with Crippen molar-refractivity contribution in [2.45, 2.75) is 39.3 Å². The maximum Gasteiger partial charge on any atom is 0.293 e. The number of aromatic nitrogens is 2. The summed E-state index contributed by atoms with van der Waals surface area (Å²) in [5, 5.41) is 9.72. The molecule has 0 saturated carbocycles. The molecular formula is C13H21N3O2. The number of aliphatic hydroxyl groups excluding tert-OH is 1. The molecule has 2 heterocycles. The Bertz CT molecular complexity index is 470. The van der Waals surface area contributed by atoms with Gasteiger partial charge < -0.3 is 14.6 Å². The number of nitrogens with zero attached hydrogens (tertiary/aromatic N) is 3. The lowest BCUT2D eigenvalue weighted by atomic mass is 9.97. The van der Waals surface area contributed by atoms with Crippen LogP contribution in [0.25, 0.3) is 0 Å². The zero-order valence-electron chi connectivity index (χ0n) is 11.2. The zero-order chi connectivity index (χ0) is 13.3. The monoisotopic (exact) mass is 251 g/mol. The van der Waals surface area contributed by atoms with Crippen LogP contribution in [-0.2, 0) is 0 Å². The molecule has 5 nitrogen and oxygen atoms in total. The first-order valence-corrected chi connectivity index (χ1v) is 6.51. The summed E-state index contributed by atoms with van der Waals surface area (Å²) in [4.78, 5) is 18.5. The Morgan fingerprint density at radius 1 is 1.50 bits per heavy atom. The van der Waals surface area contributed by atoms with Crippen molar-refractivity contribution in [2.75, 3.05) is 18.0 Å². The molecular weight excluding hydrogens is 230 g/mol. The van der Waals surface area contributed by atoms with E-state index in [9.17, 15) is 9.90 Å². The Labute approximate surface area is 107 Å². The van der Waals surface area contributed by atoms with E-state index in [0.717, 1.165) is 0 Å². The highest BCUT2D eigenvalue weighted by Crippen LogP contribution is 2.19. The summed E-state index contributed by atoms with van der Waals surface area (Å²) >= 11 is 0. The molecule has 1 aromatic rings. The van der Waals surface area contributed by atoms with Gasteiger partial charge in [-0.2, -0.15) is 0 Å². The van der Waals surface area contributed by atoms with Crippen LogP contribution >= 0.6 is 0 Å². The summed E-state index contributed by atoms with van der Waals surface area (Å²) in [7, 11) is 0. The lowest BCUT2D eigenvalue weighted by molar-refractivity contribution is 0.0967. The van der Waals surface area contributed by atoms with E-state index in [4.69, 9.17) is 0 Å². The quantitative estimate of drug-likeness (QED) is 0.853. The van der Waals surface area contributed by atoms with Gasteiger partial charge in [0.05, 0.1) is 6.10 Å². The van der Waals surface area contributed by atoms with E-state index in [2.05, 4.69) is 4.98 Å². The summed E-state index contributed by atoms with van der Waals surface area (Å²) in [5.41, 5.74) is -0.0453. The summed E-state index contributed by atoms with van der Waals surface area (Å²) in [6.07, 6.45) is 3.82. The van der Waals surface area contributed by atoms with Crippen molar-refractivity contribution >= 4 is 5.82 Å². The lowest BCUT2D eigenvalue weighted by Crippen LogP contribution is -2.45. The van der Waals surface area contributed by atoms with Crippen LogP contribution in [0.1, 0.15) is 33.2 Å². The first-order valence-electron chi connectivity index (χ1n) is 6.51. The number of aliphatic hydroxyl groups is 1. The molecule has 1 fully saturated rings. The molecule has 0 aromatic carbocycles. The van der Waals surface area contributed by atoms with Crippen molar-refractivity contribution < 1.29 is 5.11 Å². The fourth-order valence-electron chi connectivity index (χ4n) is 2.36. The number of rotatable bonds is 2. The van der Waals surface area contributed by atoms with E-state index in [1.807, 2.05) is 25.7 Å². The third kappa shape index (κ3) is 2.41. The molecule has 1 aliphatic rings. The van der Waals surface area contributed by atoms with E-state index in [-0.39, 0.29) is 23.6 Å². The third-order valence-corrected chi connectivity index (χ3v) is 3.57. The van der Waals surface area contributed by atoms with Gasteiger partial charge in [0.25, 0.3) is 5.56 Å². The largest absolute Gasteiger partial charge is 0.393 e. The van der Waals surface area contributed by atoms with Gasteiger partial charge in [-0.15, -0.1) is 0 Å². The molecule has 18 heavy (non-hydrogen) atoms. The maximum atomic E-state index is 12.3. The number of anilines is 1. The average Bonchev–Trinajstić information content (AvgIpc) is 2.33. The topological polar surface area (TPSA) is 58.4 Å². The van der Waals surface area contributed by atoms with Crippen LogP contribution in [-0.4, -0.2) is 33.9 Å². The van der Waals surface area contributed by atoms with Gasteiger partial charge >= 0.3 is 0 Å². The molecule has 5 heteroatoms. The van der Waals surface area contributed by atoms with Crippen LogP contribution in [0.15, 0.2) is 17.2 Å². The van der Waals surface area contributed by atoms with Crippen molar-refractivity contribution in [3.05, 3.63) is 22.7 Å². The van der Waals surface area contributed by atoms with Crippen LogP contribution in [0.3, 0.4) is 0 Å². The smallest absolute Gasteiger partial charge is 0.293 e. The molecule has 0 aliphatic carbocycles. The van der Waals surface area contributed by atoms with E-state index < -0.39 is 0 Å². The Morgan fingerprint density at radius 3 is 2.83 bits per heavy atom. The second-order valence-electron chi connectivity index (χ2n) is 5.34. The molecule has 1 aliphatic heterocycles. The van der Waals surface area contributed by atoms with Gasteiger partial charge in [0.15, 0.2) is 5.82 Å². The molecule has 1 aromatic heterocycles. The van der Waals surface area contributed by atoms with Gasteiger partial charge in [0.1, 0.15) is 0 Å². The third-order valence-electron chi connectivity index (χ3n) is 3.57. The number of hydrogen-bond donors (Lipinski definition) is 1. The van der Waals surface area contributed by atoms with Gasteiger partial charge in [0.2, 0.25) is 0 Å². The Kier molecular flexibility index (Phi) is 3.71. The molecule has 2 unspecified atom stereocenters. The zero-order valence-corrected chi connectivity index (χ0v) is 11.2. The summed E-state index contributed by atoms with van der Waals surface area (Å²) in [6, 6.07) is 0.132. The molecule has 100 valence electrons. The standard InChI is InChI=1S/C13H21N3O2/c1-9(2)16-7-5-14-12(13(16)18)15-6-4-11(17)10(3)8-15/h5,7,9-11,17H,4,6,8H2,1-3H3. The highest BCUT2D eigenvalue weighted by molar-refractivity contribution is 5.36. The molecule has 1 saturated heterocycles. The van der Waals surface area contributed by atoms with Gasteiger partial charge in [-0.3, -0.25) is 4.79 Å². The Hall–Kier alpha value is -1.36. The average molecular weight is 251 g/mol. The highest BCUT2D eigenvalue weighted by atomic mass is 16.3. The molecule has 0 bridgehead atoms. The Morgan fingerprint density at radius 2 is 2.22 bits per heavy atom. The second kappa shape index (κ2) is 5.10. The maximum absolute atomic E-state index is 12.3. The summed E-state index contributed by atoms with van der Waals surface area (Å²) in [6.45, 7) is 7.34. The minimum absolute atomic E-state index is 0.0453. The minimum atomic E-state index is -0.266. The molecule has 1 N–H and O–H groups in total. The first-order chi connectivity index (χ1) is 8.50. The van der Waals surface area contributed by atoms with Crippen LogP contribution in [0.2, 0.25) is 0 Å². The van der Waals surface area contributed by atoms with Crippen molar-refractivity contribution in [2.24, 2.45) is 5.92 Å². The van der Waals surface area contributed by atoms with E-state index in [0.29, 0.717) is 25.3 Å². The summed E-state index contributed by atoms with van der Waals surface area (Å²) < 4.78 is 1.69. The van der Waals surface area contributed by atoms with Crippen LogP contribution in [0.4, 0.5) is 5.82 Å². The summed E-state index contributed by atoms with van der Waals surface area (Å²) in [5.74, 6) is 0.678. The van der Waals surface area contributed by atoms with Crippen molar-refractivity contribution in [3.63, 3.8) is 0 Å². The van der Waals surface area contributed by atoms with E-state index >= 15 is 0 Å². The molecule has 0 amide bonds. The SMILES string of the molecule is CC1CN(c2nccn(C(C)C)c2=O)CCC1O. The van der Waals surface area contributed by atoms with Crippen molar-refractivity contribution in [3.8, 4) is 0 Å². The van der Waals surface area contributed by atoms with Gasteiger partial charge in [0, 0.05) is 31.5 Å². The molecule has 2 rings (SSSR count). The van der Waals surface area contributed by atoms with Gasteiger partial charge in [-0.05, 0) is 26.2 Å². The van der Waals surface area contributed by atoms with Crippen molar-refractivity contribution in [1.29, 1.82) is 0 Å². The predicted octanol–water partition coefficient (Wildman–Crippen LogP) is 1.03. The van der Waals surface area contributed by atoms with E-state index in [1.54, 1.807) is 17.0 Å². The Balaban J connectivity index is 2.29. The molecule has 0 spiro atoms. The van der Waals surface area contributed by atoms with Crippen molar-refractivity contribution in [1.82, 2.24) is 9.55 Å². The predicted molar refractivity (Wildman–Crippen MR) is 70.9 cm³/mol. The highest BCUT2D eigenvalue weighted by Gasteiger charge is 2.26. The number of piperidine rings is 1. The molecule has 0 radical (unpaired) electrons. The van der Waals surface area contributed by atoms with Gasteiger partial charge in [-0.25, -0.2) is 4.98 Å². The van der Waals surface area contributed by atoms with E-state index in [1.165, 1.54) is 0 Å². The second-order valence-corrected chi connectivity index (χ2v) is 5.34. The van der Waals surface area contributed by atoms with Gasteiger partial charge in [-0.1, -0.05) is 6.92 Å². The fraction of sp³-hybridized carbons (Fsp3) is 0.692. The lowest BCUT2D eigenvalue weighted by Gasteiger charge is -2.34. The van der Waals surface area contributed by atoms with Crippen LogP contribution < -0.4 is 10.5 Å².